The van der Waals surface area contributed by atoms with Crippen molar-refractivity contribution in [3.05, 3.63) is 0 Å². The van der Waals surface area contributed by atoms with Gasteiger partial charge in [-0.05, 0) is 75.2 Å². The lowest BCUT2D eigenvalue weighted by Crippen LogP contribution is -2.44. The molecule has 0 spiro atoms. The van der Waals surface area contributed by atoms with Crippen molar-refractivity contribution in [2.45, 2.75) is 116 Å². The fourth-order valence-corrected chi connectivity index (χ4v) is 4.10. The molecule has 2 aliphatic rings. The number of hydrogen-bond acceptors (Lipinski definition) is 9. The first-order valence-corrected chi connectivity index (χ1v) is 11.8. The Morgan fingerprint density at radius 1 is 0.818 bits per heavy atom. The highest BCUT2D eigenvalue weighted by Gasteiger charge is 2.42. The topological polar surface area (TPSA) is 106 Å². The van der Waals surface area contributed by atoms with E-state index in [1.807, 2.05) is 67.2 Å². The molecule has 2 N–H and O–H groups in total. The molecule has 2 heterocycles. The summed E-state index contributed by atoms with van der Waals surface area (Å²) in [7, 11) is 0. The maximum absolute atomic E-state index is 12.9. The quantitative estimate of drug-likeness (QED) is 0.445. The third-order valence-electron chi connectivity index (χ3n) is 5.13. The van der Waals surface area contributed by atoms with Crippen LogP contribution in [0.1, 0.15) is 75.2 Å². The van der Waals surface area contributed by atoms with E-state index in [9.17, 15) is 14.4 Å². The normalized spacial score (nSPS) is 26.8. The number of nitrogens with one attached hydrogen (secondary N) is 2. The molecular formula is C24H43N3O6. The van der Waals surface area contributed by atoms with Gasteiger partial charge in [-0.25, -0.2) is 0 Å². The van der Waals surface area contributed by atoms with Gasteiger partial charge in [-0.3, -0.25) is 19.3 Å². The van der Waals surface area contributed by atoms with E-state index in [0.717, 1.165) is 0 Å². The Bertz CT molecular complexity index is 719. The zero-order valence-corrected chi connectivity index (χ0v) is 21.7. The molecule has 2 saturated heterocycles. The highest BCUT2D eigenvalue weighted by molar-refractivity contribution is 5.79. The monoisotopic (exact) mass is 469 g/mol. The molecule has 9 nitrogen and oxygen atoms in total. The second kappa shape index (κ2) is 10.3. The van der Waals surface area contributed by atoms with Gasteiger partial charge in [0.15, 0.2) is 0 Å². The summed E-state index contributed by atoms with van der Waals surface area (Å²) in [4.78, 5) is 39.5. The van der Waals surface area contributed by atoms with Crippen molar-refractivity contribution in [2.75, 3.05) is 19.6 Å². The van der Waals surface area contributed by atoms with Crippen molar-refractivity contribution in [1.29, 1.82) is 0 Å². The van der Waals surface area contributed by atoms with Crippen LogP contribution >= 0.6 is 0 Å². The number of rotatable bonds is 6. The van der Waals surface area contributed by atoms with Gasteiger partial charge in [0.2, 0.25) is 0 Å². The zero-order valence-electron chi connectivity index (χ0n) is 21.7. The van der Waals surface area contributed by atoms with Crippen LogP contribution in [0.15, 0.2) is 0 Å². The zero-order chi connectivity index (χ0) is 25.2. The summed E-state index contributed by atoms with van der Waals surface area (Å²) in [5.74, 6) is -0.966. The van der Waals surface area contributed by atoms with Crippen LogP contribution in [-0.2, 0) is 28.6 Å². The molecule has 190 valence electrons. The second-order valence-corrected chi connectivity index (χ2v) is 12.1. The van der Waals surface area contributed by atoms with E-state index in [1.165, 1.54) is 0 Å². The van der Waals surface area contributed by atoms with Gasteiger partial charge in [0.25, 0.3) is 0 Å². The summed E-state index contributed by atoms with van der Waals surface area (Å²) >= 11 is 0. The number of ether oxygens (including phenoxy) is 3. The minimum absolute atomic E-state index is 0.0167. The minimum Gasteiger partial charge on any atom is -0.459 e. The average molecular weight is 470 g/mol. The highest BCUT2D eigenvalue weighted by atomic mass is 16.6. The number of likely N-dealkylation sites (tertiary alicyclic amines) is 1. The Morgan fingerprint density at radius 3 is 1.91 bits per heavy atom. The van der Waals surface area contributed by atoms with Crippen molar-refractivity contribution in [2.24, 2.45) is 0 Å². The molecule has 2 aliphatic heterocycles. The Balaban J connectivity index is 2.00. The van der Waals surface area contributed by atoms with Crippen molar-refractivity contribution in [3.8, 4) is 0 Å². The molecule has 0 unspecified atom stereocenters. The van der Waals surface area contributed by atoms with Crippen LogP contribution in [0.3, 0.4) is 0 Å². The fraction of sp³-hybridized carbons (Fsp3) is 0.875. The Kier molecular flexibility index (Phi) is 8.57. The molecule has 0 aromatic heterocycles. The molecule has 33 heavy (non-hydrogen) atoms. The van der Waals surface area contributed by atoms with E-state index in [2.05, 4.69) is 10.6 Å². The van der Waals surface area contributed by atoms with Crippen LogP contribution in [0.25, 0.3) is 0 Å². The Morgan fingerprint density at radius 2 is 1.36 bits per heavy atom. The van der Waals surface area contributed by atoms with Crippen LogP contribution in [0.4, 0.5) is 0 Å². The number of carbonyl (C=O) groups is 3. The lowest BCUT2D eigenvalue weighted by Gasteiger charge is -2.27. The van der Waals surface area contributed by atoms with E-state index >= 15 is 0 Å². The van der Waals surface area contributed by atoms with E-state index in [1.54, 1.807) is 0 Å². The van der Waals surface area contributed by atoms with Crippen molar-refractivity contribution >= 4 is 17.9 Å². The summed E-state index contributed by atoms with van der Waals surface area (Å²) in [6, 6.07) is -0.852. The van der Waals surface area contributed by atoms with Gasteiger partial charge in [0.05, 0.1) is 6.54 Å². The number of esters is 3. The summed E-state index contributed by atoms with van der Waals surface area (Å²) in [5.41, 5.74) is -1.74. The van der Waals surface area contributed by atoms with E-state index in [-0.39, 0.29) is 42.6 Å². The first kappa shape index (κ1) is 27.5. The molecule has 4 atom stereocenters. The van der Waals surface area contributed by atoms with Gasteiger partial charge in [-0.2, -0.15) is 0 Å². The van der Waals surface area contributed by atoms with E-state index in [4.69, 9.17) is 14.2 Å². The number of hydrogen-bond donors (Lipinski definition) is 2. The summed E-state index contributed by atoms with van der Waals surface area (Å²) in [5, 5.41) is 6.77. The maximum Gasteiger partial charge on any atom is 0.323 e. The standard InChI is InChI=1S/C24H43N3O6/c1-22(2,3)31-19(28)14-27-13-16(11-18(27)21(30)33-24(7,8)9)26-15-10-17(25-12-15)20(29)32-23(4,5)6/h15-18,25-26H,10-14H2,1-9H3/t15-,16-,17+,18-/m0/s1. The smallest absolute Gasteiger partial charge is 0.323 e. The molecule has 0 amide bonds. The lowest BCUT2D eigenvalue weighted by atomic mass is 10.1. The first-order valence-electron chi connectivity index (χ1n) is 11.8. The molecular weight excluding hydrogens is 426 g/mol. The number of carbonyl (C=O) groups excluding carboxylic acids is 3. The SMILES string of the molecule is CC(C)(C)OC(=O)CN1C[C@@H](N[C@@H]2CN[C@@H](C(=O)OC(C)(C)C)C2)C[C@H]1C(=O)OC(C)(C)C. The van der Waals surface area contributed by atoms with Gasteiger partial charge in [-0.1, -0.05) is 0 Å². The maximum atomic E-state index is 12.9. The van der Waals surface area contributed by atoms with Crippen LogP contribution in [0.2, 0.25) is 0 Å². The summed E-state index contributed by atoms with van der Waals surface area (Å²) < 4.78 is 16.6. The molecule has 0 aromatic rings. The summed E-state index contributed by atoms with van der Waals surface area (Å²) in [6.45, 7) is 17.6. The predicted molar refractivity (Wildman–Crippen MR) is 125 cm³/mol. The first-order chi connectivity index (χ1) is 14.9. The van der Waals surface area contributed by atoms with Crippen molar-refractivity contribution in [3.63, 3.8) is 0 Å². The van der Waals surface area contributed by atoms with Gasteiger partial charge in [-0.15, -0.1) is 0 Å². The molecule has 9 heteroatoms. The van der Waals surface area contributed by atoms with Gasteiger partial charge in [0, 0.05) is 25.2 Å². The van der Waals surface area contributed by atoms with E-state index < -0.39 is 22.8 Å². The van der Waals surface area contributed by atoms with Crippen molar-refractivity contribution in [1.82, 2.24) is 15.5 Å². The van der Waals surface area contributed by atoms with Gasteiger partial charge in [0.1, 0.15) is 28.9 Å². The largest absolute Gasteiger partial charge is 0.459 e. The van der Waals surface area contributed by atoms with Crippen molar-refractivity contribution < 1.29 is 28.6 Å². The highest BCUT2D eigenvalue weighted by Crippen LogP contribution is 2.24. The third-order valence-corrected chi connectivity index (χ3v) is 5.13. The average Bonchev–Trinajstić information content (AvgIpc) is 3.17. The lowest BCUT2D eigenvalue weighted by molar-refractivity contribution is -0.163. The van der Waals surface area contributed by atoms with Crippen LogP contribution < -0.4 is 10.6 Å². The molecule has 0 saturated carbocycles. The molecule has 0 aromatic carbocycles. The Hall–Kier alpha value is -1.71. The van der Waals surface area contributed by atoms with E-state index in [0.29, 0.717) is 25.9 Å². The number of nitrogens with zero attached hydrogens (tertiary/aromatic N) is 1. The molecule has 0 aliphatic carbocycles. The molecule has 0 bridgehead atoms. The molecule has 0 radical (unpaired) electrons. The third kappa shape index (κ3) is 9.59. The van der Waals surface area contributed by atoms with Crippen LogP contribution in [-0.4, -0.2) is 83.4 Å². The van der Waals surface area contributed by atoms with Crippen LogP contribution in [0.5, 0.6) is 0 Å². The molecule has 2 fully saturated rings. The predicted octanol–water partition coefficient (Wildman–Crippen LogP) is 1.77. The Labute approximate surface area is 198 Å². The van der Waals surface area contributed by atoms with Crippen LogP contribution in [0, 0.1) is 0 Å². The summed E-state index contributed by atoms with van der Waals surface area (Å²) in [6.07, 6.45) is 1.12. The molecule has 2 rings (SSSR count). The van der Waals surface area contributed by atoms with Gasteiger partial charge < -0.3 is 24.8 Å². The fourth-order valence-electron chi connectivity index (χ4n) is 4.10. The minimum atomic E-state index is -0.615. The van der Waals surface area contributed by atoms with Gasteiger partial charge >= 0.3 is 17.9 Å². The second-order valence-electron chi connectivity index (χ2n) is 12.1.